The van der Waals surface area contributed by atoms with Gasteiger partial charge in [-0.3, -0.25) is 4.99 Å². The molecule has 0 aromatic heterocycles. The van der Waals surface area contributed by atoms with Crippen LogP contribution in [-0.2, 0) is 6.42 Å². The molecule has 1 aliphatic heterocycles. The number of hydrogen-bond acceptors (Lipinski definition) is 2. The van der Waals surface area contributed by atoms with E-state index in [1.54, 1.807) is 14.2 Å². The van der Waals surface area contributed by atoms with Crippen LogP contribution in [0.25, 0.3) is 0 Å². The first-order chi connectivity index (χ1) is 13.1. The number of benzene rings is 2. The van der Waals surface area contributed by atoms with E-state index in [4.69, 9.17) is 4.74 Å². The van der Waals surface area contributed by atoms with Gasteiger partial charge in [0, 0.05) is 32.6 Å². The Morgan fingerprint density at radius 1 is 1.21 bits per heavy atom. The van der Waals surface area contributed by atoms with Gasteiger partial charge in [-0.25, -0.2) is 8.78 Å². The van der Waals surface area contributed by atoms with Crippen molar-refractivity contribution in [2.24, 2.45) is 4.99 Å². The predicted molar refractivity (Wildman–Crippen MR) is 119 cm³/mol. The monoisotopic (exact) mass is 501 g/mol. The van der Waals surface area contributed by atoms with Gasteiger partial charge in [-0.05, 0) is 54.3 Å². The Morgan fingerprint density at radius 2 is 1.96 bits per heavy atom. The van der Waals surface area contributed by atoms with E-state index in [2.05, 4.69) is 27.3 Å². The molecular formula is C21H26F2IN3O. The fourth-order valence-electron chi connectivity index (χ4n) is 3.48. The molecule has 28 heavy (non-hydrogen) atoms. The van der Waals surface area contributed by atoms with E-state index in [9.17, 15) is 8.78 Å². The number of methoxy groups -OCH3 is 1. The Balaban J connectivity index is 0.00000280. The first-order valence-corrected chi connectivity index (χ1v) is 9.14. The van der Waals surface area contributed by atoms with E-state index in [-0.39, 0.29) is 29.8 Å². The van der Waals surface area contributed by atoms with Crippen molar-refractivity contribution < 1.29 is 13.5 Å². The van der Waals surface area contributed by atoms with E-state index in [1.165, 1.54) is 17.7 Å². The second kappa shape index (κ2) is 10.6. The first-order valence-electron chi connectivity index (χ1n) is 9.14. The van der Waals surface area contributed by atoms with Crippen molar-refractivity contribution in [3.05, 3.63) is 65.2 Å². The van der Waals surface area contributed by atoms with Gasteiger partial charge in [-0.1, -0.05) is 12.1 Å². The zero-order chi connectivity index (χ0) is 19.2. The number of aliphatic imine (C=N–C) groups is 1. The van der Waals surface area contributed by atoms with E-state index >= 15 is 0 Å². The lowest BCUT2D eigenvalue weighted by molar-refractivity contribution is 0.414. The van der Waals surface area contributed by atoms with Crippen LogP contribution in [0.5, 0.6) is 5.75 Å². The molecular weight excluding hydrogens is 475 g/mol. The highest BCUT2D eigenvalue weighted by molar-refractivity contribution is 14.0. The number of ether oxygens (including phenoxy) is 1. The SMILES string of the molecule is CN=C(NCCc1cc(F)ccc1F)N1CCC(c2ccc(OC)cc2)C1.I. The van der Waals surface area contributed by atoms with Crippen LogP contribution in [0.3, 0.4) is 0 Å². The maximum atomic E-state index is 13.7. The summed E-state index contributed by atoms with van der Waals surface area (Å²) in [5, 5.41) is 3.26. The van der Waals surface area contributed by atoms with Gasteiger partial charge in [-0.15, -0.1) is 24.0 Å². The van der Waals surface area contributed by atoms with Crippen LogP contribution in [0.4, 0.5) is 8.78 Å². The maximum absolute atomic E-state index is 13.7. The zero-order valence-corrected chi connectivity index (χ0v) is 18.5. The minimum absolute atomic E-state index is 0. The summed E-state index contributed by atoms with van der Waals surface area (Å²) in [6.45, 7) is 2.28. The summed E-state index contributed by atoms with van der Waals surface area (Å²) in [5.74, 6) is 1.29. The van der Waals surface area contributed by atoms with Gasteiger partial charge in [0.2, 0.25) is 0 Å². The molecule has 1 unspecified atom stereocenters. The number of rotatable bonds is 5. The Bertz CT molecular complexity index is 799. The van der Waals surface area contributed by atoms with Crippen LogP contribution in [0.1, 0.15) is 23.5 Å². The smallest absolute Gasteiger partial charge is 0.193 e. The van der Waals surface area contributed by atoms with Crippen molar-refractivity contribution >= 4 is 29.9 Å². The first kappa shape index (κ1) is 22.4. The van der Waals surface area contributed by atoms with Crippen molar-refractivity contribution in [3.8, 4) is 5.75 Å². The lowest BCUT2D eigenvalue weighted by Gasteiger charge is -2.22. The fourth-order valence-corrected chi connectivity index (χ4v) is 3.48. The van der Waals surface area contributed by atoms with Gasteiger partial charge >= 0.3 is 0 Å². The van der Waals surface area contributed by atoms with Crippen LogP contribution < -0.4 is 10.1 Å². The summed E-state index contributed by atoms with van der Waals surface area (Å²) in [6, 6.07) is 11.7. The molecule has 0 saturated carbocycles. The summed E-state index contributed by atoms with van der Waals surface area (Å²) in [4.78, 5) is 6.55. The van der Waals surface area contributed by atoms with E-state index in [0.29, 0.717) is 24.4 Å². The van der Waals surface area contributed by atoms with E-state index in [0.717, 1.165) is 37.3 Å². The lowest BCUT2D eigenvalue weighted by Crippen LogP contribution is -2.40. The number of halogens is 3. The molecule has 1 aliphatic rings. The van der Waals surface area contributed by atoms with Crippen LogP contribution in [-0.4, -0.2) is 44.7 Å². The Kier molecular flexibility index (Phi) is 8.47. The minimum atomic E-state index is -0.419. The second-order valence-electron chi connectivity index (χ2n) is 6.66. The van der Waals surface area contributed by atoms with Crippen molar-refractivity contribution in [2.45, 2.75) is 18.8 Å². The summed E-state index contributed by atoms with van der Waals surface area (Å²) in [5.41, 5.74) is 1.66. The maximum Gasteiger partial charge on any atom is 0.193 e. The Hall–Kier alpha value is -1.90. The highest BCUT2D eigenvalue weighted by atomic mass is 127. The minimum Gasteiger partial charge on any atom is -0.497 e. The molecule has 0 radical (unpaired) electrons. The van der Waals surface area contributed by atoms with Crippen LogP contribution in [0.15, 0.2) is 47.5 Å². The van der Waals surface area contributed by atoms with E-state index < -0.39 is 5.82 Å². The standard InChI is InChI=1S/C21H25F2N3O.HI/c1-24-21(25-11-9-16-13-18(22)5-8-20(16)23)26-12-10-17(14-26)15-3-6-19(27-2)7-4-15;/h3-8,13,17H,9-12,14H2,1-2H3,(H,24,25);1H. The van der Waals surface area contributed by atoms with Crippen molar-refractivity contribution in [2.75, 3.05) is 33.8 Å². The van der Waals surface area contributed by atoms with Crippen LogP contribution in [0, 0.1) is 11.6 Å². The molecule has 1 atom stereocenters. The van der Waals surface area contributed by atoms with Crippen molar-refractivity contribution in [1.29, 1.82) is 0 Å². The average Bonchev–Trinajstić information content (AvgIpc) is 3.18. The molecule has 0 spiro atoms. The molecule has 1 N–H and O–H groups in total. The van der Waals surface area contributed by atoms with Crippen LogP contribution in [0.2, 0.25) is 0 Å². The predicted octanol–water partition coefficient (Wildman–Crippen LogP) is 4.20. The van der Waals surface area contributed by atoms with Gasteiger partial charge in [0.25, 0.3) is 0 Å². The van der Waals surface area contributed by atoms with Gasteiger partial charge < -0.3 is 15.0 Å². The van der Waals surface area contributed by atoms with Crippen LogP contribution >= 0.6 is 24.0 Å². The summed E-state index contributed by atoms with van der Waals surface area (Å²) >= 11 is 0. The molecule has 0 aliphatic carbocycles. The second-order valence-corrected chi connectivity index (χ2v) is 6.66. The lowest BCUT2D eigenvalue weighted by atomic mass is 9.98. The highest BCUT2D eigenvalue weighted by Crippen LogP contribution is 2.28. The summed E-state index contributed by atoms with van der Waals surface area (Å²) in [7, 11) is 3.41. The normalized spacial score (nSPS) is 16.6. The zero-order valence-electron chi connectivity index (χ0n) is 16.1. The van der Waals surface area contributed by atoms with Gasteiger partial charge in [0.05, 0.1) is 7.11 Å². The highest BCUT2D eigenvalue weighted by Gasteiger charge is 2.26. The number of likely N-dealkylation sites (tertiary alicyclic amines) is 1. The molecule has 4 nitrogen and oxygen atoms in total. The third-order valence-corrected chi connectivity index (χ3v) is 4.97. The molecule has 0 amide bonds. The van der Waals surface area contributed by atoms with Crippen molar-refractivity contribution in [1.82, 2.24) is 10.2 Å². The molecule has 1 saturated heterocycles. The molecule has 152 valence electrons. The number of guanidine groups is 1. The topological polar surface area (TPSA) is 36.9 Å². The third-order valence-electron chi connectivity index (χ3n) is 4.97. The van der Waals surface area contributed by atoms with Crippen molar-refractivity contribution in [3.63, 3.8) is 0 Å². The Morgan fingerprint density at radius 3 is 2.64 bits per heavy atom. The Labute approximate surface area is 182 Å². The molecule has 1 fully saturated rings. The van der Waals surface area contributed by atoms with Gasteiger partial charge in [0.15, 0.2) is 5.96 Å². The molecule has 0 bridgehead atoms. The van der Waals surface area contributed by atoms with Gasteiger partial charge in [0.1, 0.15) is 17.4 Å². The van der Waals surface area contributed by atoms with E-state index in [1.807, 2.05) is 12.1 Å². The number of nitrogens with zero attached hydrogens (tertiary/aromatic N) is 2. The van der Waals surface area contributed by atoms with Gasteiger partial charge in [-0.2, -0.15) is 0 Å². The summed E-state index contributed by atoms with van der Waals surface area (Å²) < 4.78 is 32.2. The molecule has 2 aromatic rings. The average molecular weight is 501 g/mol. The molecule has 7 heteroatoms. The molecule has 2 aromatic carbocycles. The largest absolute Gasteiger partial charge is 0.497 e. The molecule has 3 rings (SSSR count). The number of hydrogen-bond donors (Lipinski definition) is 1. The number of nitrogens with one attached hydrogen (secondary N) is 1. The fraction of sp³-hybridized carbons (Fsp3) is 0.381. The summed E-state index contributed by atoms with van der Waals surface area (Å²) in [6.07, 6.45) is 1.45. The third kappa shape index (κ3) is 5.56. The molecule has 1 heterocycles. The quantitative estimate of drug-likeness (QED) is 0.379.